The molecule has 1 rings (SSSR count). The molecule has 0 N–H and O–H groups in total. The molecular weight excluding hydrogens is 710 g/mol. The molecule has 0 amide bonds. The van der Waals surface area contributed by atoms with E-state index in [0.29, 0.717) is 0 Å². The van der Waals surface area contributed by atoms with Crippen LogP contribution in [0.3, 0.4) is 0 Å². The lowest BCUT2D eigenvalue weighted by Crippen LogP contribution is -2.70. The molecule has 0 heterocycles. The minimum Gasteiger partial charge on any atom is -0.194 e. The van der Waals surface area contributed by atoms with Gasteiger partial charge in [0, 0.05) is 11.1 Å². The van der Waals surface area contributed by atoms with Crippen LogP contribution in [0.1, 0.15) is 11.1 Å². The van der Waals surface area contributed by atoms with E-state index in [1.807, 2.05) is 0 Å². The second-order valence-electron chi connectivity index (χ2n) is 8.29. The van der Waals surface area contributed by atoms with Crippen LogP contribution in [-0.4, -0.2) is 59.7 Å². The monoisotopic (exact) mass is 714 g/mol. The van der Waals surface area contributed by atoms with Gasteiger partial charge in [0.1, 0.15) is 0 Å². The maximum atomic E-state index is 14.4. The Kier molecular flexibility index (Phi) is 8.91. The molecule has 0 bridgehead atoms. The number of hydrogen-bond acceptors (Lipinski definition) is 0. The van der Waals surface area contributed by atoms with Crippen LogP contribution >= 0.6 is 0 Å². The van der Waals surface area contributed by atoms with E-state index in [0.717, 1.165) is 0 Å². The van der Waals surface area contributed by atoms with Gasteiger partial charge in [0.25, 0.3) is 0 Å². The van der Waals surface area contributed by atoms with Gasteiger partial charge in [-0.1, -0.05) is 24.3 Å². The summed E-state index contributed by atoms with van der Waals surface area (Å²) in [7, 11) is 0. The van der Waals surface area contributed by atoms with Crippen molar-refractivity contribution in [1.29, 1.82) is 0 Å². The smallest absolute Gasteiger partial charge is 0.194 e. The van der Waals surface area contributed by atoms with Gasteiger partial charge in [0.15, 0.2) is 0 Å². The fraction of sp³-hybridized carbons (Fsp3) is 0.667. The van der Waals surface area contributed by atoms with E-state index in [-0.39, 0.29) is 0 Å². The molecule has 0 saturated carbocycles. The van der Waals surface area contributed by atoms with Gasteiger partial charge < -0.3 is 0 Å². The zero-order chi connectivity index (χ0) is 36.0. The van der Waals surface area contributed by atoms with Crippen molar-refractivity contribution in [3.05, 3.63) is 35.4 Å². The highest BCUT2D eigenvalue weighted by Gasteiger charge is 2.93. The normalized spacial score (nSPS) is 16.4. The highest BCUT2D eigenvalue weighted by atomic mass is 19.4. The van der Waals surface area contributed by atoms with Crippen molar-refractivity contribution in [1.82, 2.24) is 0 Å². The number of halogens is 26. The summed E-state index contributed by atoms with van der Waals surface area (Å²) in [6, 6.07) is -3.60. The van der Waals surface area contributed by atoms with Crippen LogP contribution in [-0.2, 0) is 11.8 Å². The minimum atomic E-state index is -8.79. The average Bonchev–Trinajstić information content (AvgIpc) is 2.81. The van der Waals surface area contributed by atoms with Crippen LogP contribution in [0.4, 0.5) is 114 Å². The molecular formula is C18H4F26. The predicted octanol–water partition coefficient (Wildman–Crippen LogP) is 10.1. The second-order valence-corrected chi connectivity index (χ2v) is 8.29. The van der Waals surface area contributed by atoms with Gasteiger partial charge in [-0.3, -0.25) is 0 Å². The first-order valence-corrected chi connectivity index (χ1v) is 9.74. The van der Waals surface area contributed by atoms with Crippen molar-refractivity contribution in [2.45, 2.75) is 71.6 Å². The highest BCUT2D eigenvalue weighted by molar-refractivity contribution is 5.39. The summed E-state index contributed by atoms with van der Waals surface area (Å²) in [5, 5.41) is 0. The molecule has 1 aromatic rings. The van der Waals surface area contributed by atoms with E-state index in [1.54, 1.807) is 0 Å². The summed E-state index contributed by atoms with van der Waals surface area (Å²) in [6.45, 7) is 0. The van der Waals surface area contributed by atoms with Gasteiger partial charge >= 0.3 is 71.6 Å². The first kappa shape index (κ1) is 39.4. The largest absolute Gasteiger partial charge is 0.460 e. The van der Waals surface area contributed by atoms with E-state index in [2.05, 4.69) is 0 Å². The molecule has 0 aliphatic carbocycles. The molecule has 0 aliphatic rings. The zero-order valence-electron chi connectivity index (χ0n) is 19.1. The first-order chi connectivity index (χ1) is 18.7. The van der Waals surface area contributed by atoms with Gasteiger partial charge in [0.05, 0.1) is 0 Å². The molecule has 258 valence electrons. The molecule has 0 radical (unpaired) electrons. The zero-order valence-corrected chi connectivity index (χ0v) is 19.1. The Bertz CT molecular complexity index is 1100. The summed E-state index contributed by atoms with van der Waals surface area (Å²) in [5.41, 5.74) is -8.27. The Morgan fingerprint density at radius 2 is 0.432 bits per heavy atom. The van der Waals surface area contributed by atoms with E-state index in [9.17, 15) is 114 Å². The van der Waals surface area contributed by atoms with E-state index in [1.165, 1.54) is 0 Å². The number of rotatable bonds is 10. The topological polar surface area (TPSA) is 0 Å². The molecule has 0 unspecified atom stereocenters. The number of hydrogen-bond donors (Lipinski definition) is 0. The third-order valence-electron chi connectivity index (χ3n) is 5.47. The minimum absolute atomic E-state index is 0.470. The van der Waals surface area contributed by atoms with Crippen molar-refractivity contribution >= 4 is 0 Å². The van der Waals surface area contributed by atoms with Crippen LogP contribution < -0.4 is 0 Å². The molecule has 44 heavy (non-hydrogen) atoms. The fourth-order valence-electron chi connectivity index (χ4n) is 2.91. The molecule has 0 atom stereocenters. The lowest BCUT2D eigenvalue weighted by atomic mass is 9.84. The Morgan fingerprint density at radius 1 is 0.250 bits per heavy atom. The van der Waals surface area contributed by atoms with Crippen molar-refractivity contribution in [3.8, 4) is 0 Å². The van der Waals surface area contributed by atoms with Crippen molar-refractivity contribution in [2.75, 3.05) is 0 Å². The summed E-state index contributed by atoms with van der Waals surface area (Å²) >= 11 is 0. The molecule has 0 aromatic heterocycles. The molecule has 1 aromatic carbocycles. The second kappa shape index (κ2) is 9.95. The third kappa shape index (κ3) is 4.77. The number of alkyl halides is 26. The van der Waals surface area contributed by atoms with Gasteiger partial charge in [-0.2, -0.15) is 114 Å². The highest BCUT2D eigenvalue weighted by Crippen LogP contribution is 2.65. The van der Waals surface area contributed by atoms with Gasteiger partial charge in [-0.05, 0) is 0 Å². The molecule has 0 nitrogen and oxygen atoms in total. The Morgan fingerprint density at radius 3 is 0.614 bits per heavy atom. The van der Waals surface area contributed by atoms with E-state index >= 15 is 0 Å². The molecule has 0 saturated heterocycles. The fourth-order valence-corrected chi connectivity index (χ4v) is 2.91. The van der Waals surface area contributed by atoms with Crippen molar-refractivity contribution in [2.24, 2.45) is 0 Å². The molecule has 0 spiro atoms. The first-order valence-electron chi connectivity index (χ1n) is 9.74. The van der Waals surface area contributed by atoms with Gasteiger partial charge in [0.2, 0.25) is 0 Å². The lowest BCUT2D eigenvalue weighted by molar-refractivity contribution is -0.444. The summed E-state index contributed by atoms with van der Waals surface area (Å²) in [6.07, 6.45) is -16.0. The van der Waals surface area contributed by atoms with Crippen LogP contribution in [0.2, 0.25) is 0 Å². The summed E-state index contributed by atoms with van der Waals surface area (Å²) < 4.78 is 347. The molecule has 0 aliphatic heterocycles. The average molecular weight is 714 g/mol. The SMILES string of the molecule is FC(F)(F)C(F)(F)C(F)(F)C(F)(F)C(F)(F)C(F)(F)c1ccccc1C(F)(F)C(F)(F)C(F)(F)C(F)(F)C(F)(F)C(F)(F)F. The maximum absolute atomic E-state index is 14.4. The Balaban J connectivity index is 4.05. The van der Waals surface area contributed by atoms with Crippen LogP contribution in [0.5, 0.6) is 0 Å². The van der Waals surface area contributed by atoms with E-state index in [4.69, 9.17) is 0 Å². The summed E-state index contributed by atoms with van der Waals surface area (Å²) in [4.78, 5) is 0. The van der Waals surface area contributed by atoms with Crippen molar-refractivity contribution < 1.29 is 114 Å². The molecule has 0 fully saturated rings. The third-order valence-corrected chi connectivity index (χ3v) is 5.47. The van der Waals surface area contributed by atoms with Crippen LogP contribution in [0.25, 0.3) is 0 Å². The quantitative estimate of drug-likeness (QED) is 0.212. The lowest BCUT2D eigenvalue weighted by Gasteiger charge is -2.42. The van der Waals surface area contributed by atoms with Crippen LogP contribution in [0, 0.1) is 0 Å². The van der Waals surface area contributed by atoms with Gasteiger partial charge in [-0.25, -0.2) is 0 Å². The predicted molar refractivity (Wildman–Crippen MR) is 85.9 cm³/mol. The van der Waals surface area contributed by atoms with Gasteiger partial charge in [-0.15, -0.1) is 0 Å². The standard InChI is InChI=1S/C18H4F26/c19-7(20,9(23,24)11(27,28)13(31,32)15(35,36)17(39,40)41)5-3-1-2-4-6(5)8(21,22)10(25,26)12(29,30)14(33,34)16(37,38)18(42,43)44/h1-4H. The van der Waals surface area contributed by atoms with Crippen LogP contribution in [0.15, 0.2) is 24.3 Å². The Hall–Kier alpha value is -2.60. The Labute approximate surface area is 222 Å². The molecule has 26 heteroatoms. The summed E-state index contributed by atoms with van der Waals surface area (Å²) in [5.74, 6) is -84.8. The van der Waals surface area contributed by atoms with E-state index < -0.39 is 107 Å². The maximum Gasteiger partial charge on any atom is 0.460 e. The number of benzene rings is 1. The van der Waals surface area contributed by atoms with Crippen molar-refractivity contribution in [3.63, 3.8) is 0 Å².